The van der Waals surface area contributed by atoms with Crippen LogP contribution in [0.3, 0.4) is 0 Å². The monoisotopic (exact) mass is 298 g/mol. The minimum absolute atomic E-state index is 0.108. The van der Waals surface area contributed by atoms with Crippen LogP contribution in [0.15, 0.2) is 38.9 Å². The van der Waals surface area contributed by atoms with Crippen LogP contribution in [0.2, 0.25) is 0 Å². The Kier molecular flexibility index (Phi) is 4.28. The van der Waals surface area contributed by atoms with Crippen LogP contribution in [-0.2, 0) is 10.0 Å². The molecule has 0 aromatic heterocycles. The molecule has 0 amide bonds. The second kappa shape index (κ2) is 5.95. The number of hydrogen-bond acceptors (Lipinski definition) is 5. The van der Waals surface area contributed by atoms with Crippen LogP contribution in [0.4, 0.5) is 5.69 Å². The minimum atomic E-state index is -3.91. The Balaban J connectivity index is 2.13. The molecule has 8 nitrogen and oxygen atoms in total. The van der Waals surface area contributed by atoms with E-state index in [1.807, 2.05) is 0 Å². The summed E-state index contributed by atoms with van der Waals surface area (Å²) < 4.78 is 27.2. The van der Waals surface area contributed by atoms with Gasteiger partial charge in [0.25, 0.3) is 5.69 Å². The molecular formula is C11H14N4O4S. The van der Waals surface area contributed by atoms with Gasteiger partial charge in [-0.2, -0.15) is 8.42 Å². The third-order valence-electron chi connectivity index (χ3n) is 2.95. The molecule has 1 aromatic rings. The predicted octanol–water partition coefficient (Wildman–Crippen LogP) is 2.14. The first-order valence-electron chi connectivity index (χ1n) is 6.16. The third-order valence-corrected chi connectivity index (χ3v) is 4.10. The van der Waals surface area contributed by atoms with Crippen molar-refractivity contribution >= 4 is 15.7 Å². The molecule has 1 aliphatic rings. The molecule has 0 unspecified atom stereocenters. The highest BCUT2D eigenvalue weighted by Gasteiger charge is 2.16. The fourth-order valence-electron chi connectivity index (χ4n) is 1.85. The number of non-ortho nitro benzene ring substituents is 1. The zero-order valence-electron chi connectivity index (χ0n) is 10.7. The lowest BCUT2D eigenvalue weighted by Crippen LogP contribution is -2.24. The first-order valence-corrected chi connectivity index (χ1v) is 7.60. The Morgan fingerprint density at radius 3 is 2.25 bits per heavy atom. The largest absolute Gasteiger partial charge is 0.301 e. The van der Waals surface area contributed by atoms with Crippen molar-refractivity contribution in [2.75, 3.05) is 13.1 Å². The lowest BCUT2D eigenvalue weighted by atomic mass is 10.2. The molecule has 1 aromatic carbocycles. The van der Waals surface area contributed by atoms with E-state index >= 15 is 0 Å². The Hall–Kier alpha value is -2.03. The fourth-order valence-corrected chi connectivity index (χ4v) is 2.63. The normalized spacial score (nSPS) is 16.5. The highest BCUT2D eigenvalue weighted by atomic mass is 32.2. The lowest BCUT2D eigenvalue weighted by molar-refractivity contribution is -0.384. The van der Waals surface area contributed by atoms with Gasteiger partial charge in [-0.1, -0.05) is 5.22 Å². The predicted molar refractivity (Wildman–Crippen MR) is 70.6 cm³/mol. The molecule has 2 rings (SSSR count). The summed E-state index contributed by atoms with van der Waals surface area (Å²) in [5.41, 5.74) is -0.170. The van der Waals surface area contributed by atoms with Gasteiger partial charge in [-0.25, -0.2) is 0 Å². The van der Waals surface area contributed by atoms with Crippen LogP contribution in [0.5, 0.6) is 0 Å². The van der Waals surface area contributed by atoms with Crippen LogP contribution in [0.25, 0.3) is 0 Å². The van der Waals surface area contributed by atoms with Crippen LogP contribution >= 0.6 is 0 Å². The van der Waals surface area contributed by atoms with Gasteiger partial charge in [-0.15, -0.1) is 0 Å². The first kappa shape index (κ1) is 14.4. The van der Waals surface area contributed by atoms with Gasteiger partial charge in [0, 0.05) is 25.2 Å². The number of benzene rings is 1. The molecule has 0 radical (unpaired) electrons. The molecule has 1 fully saturated rings. The maximum atomic E-state index is 11.9. The molecule has 1 heterocycles. The average Bonchev–Trinajstić information content (AvgIpc) is 2.46. The summed E-state index contributed by atoms with van der Waals surface area (Å²) in [6, 6.07) is 4.57. The van der Waals surface area contributed by atoms with Crippen LogP contribution in [-0.4, -0.2) is 31.4 Å². The van der Waals surface area contributed by atoms with Crippen molar-refractivity contribution in [1.82, 2.24) is 5.01 Å². The van der Waals surface area contributed by atoms with E-state index in [0.717, 1.165) is 43.5 Å². The molecule has 108 valence electrons. The van der Waals surface area contributed by atoms with Gasteiger partial charge in [0.1, 0.15) is 0 Å². The first-order chi connectivity index (χ1) is 9.49. The second-order valence-corrected chi connectivity index (χ2v) is 6.00. The standard InChI is InChI=1S/C11H14N4O4S/c16-15(17)10-4-6-11(7-5-10)20(18,19)13-12-14-8-2-1-3-9-14/h4-7H,1-3,8-9H2/b13-12+. The van der Waals surface area contributed by atoms with Crippen LogP contribution < -0.4 is 0 Å². The Labute approximate surface area is 116 Å². The van der Waals surface area contributed by atoms with E-state index in [9.17, 15) is 18.5 Å². The topological polar surface area (TPSA) is 105 Å². The molecule has 0 aliphatic carbocycles. The number of hydrogen-bond donors (Lipinski definition) is 0. The fraction of sp³-hybridized carbons (Fsp3) is 0.455. The summed E-state index contributed by atoms with van der Waals surface area (Å²) in [7, 11) is -3.91. The van der Waals surface area contributed by atoms with E-state index in [2.05, 4.69) is 9.74 Å². The molecule has 9 heteroatoms. The highest BCUT2D eigenvalue weighted by molar-refractivity contribution is 7.90. The smallest absolute Gasteiger partial charge is 0.278 e. The molecule has 0 bridgehead atoms. The molecule has 1 aliphatic heterocycles. The molecule has 0 atom stereocenters. The Morgan fingerprint density at radius 1 is 1.10 bits per heavy atom. The van der Waals surface area contributed by atoms with Gasteiger partial charge in [-0.3, -0.25) is 15.1 Å². The van der Waals surface area contributed by atoms with Crippen molar-refractivity contribution in [3.63, 3.8) is 0 Å². The molecular weight excluding hydrogens is 284 g/mol. The van der Waals surface area contributed by atoms with Crippen LogP contribution in [0.1, 0.15) is 19.3 Å². The number of piperidine rings is 1. The van der Waals surface area contributed by atoms with Crippen molar-refractivity contribution in [3.05, 3.63) is 34.4 Å². The third kappa shape index (κ3) is 3.50. The summed E-state index contributed by atoms with van der Waals surface area (Å²) in [5.74, 6) is 0. The molecule has 0 saturated carbocycles. The lowest BCUT2D eigenvalue weighted by Gasteiger charge is -2.21. The number of nitrogens with zero attached hydrogens (tertiary/aromatic N) is 4. The van der Waals surface area contributed by atoms with Gasteiger partial charge < -0.3 is 0 Å². The van der Waals surface area contributed by atoms with Gasteiger partial charge in [0.05, 0.1) is 9.82 Å². The zero-order valence-corrected chi connectivity index (χ0v) is 11.5. The van der Waals surface area contributed by atoms with E-state index in [1.54, 1.807) is 5.01 Å². The summed E-state index contributed by atoms with van der Waals surface area (Å²) in [4.78, 5) is 9.80. The van der Waals surface area contributed by atoms with Gasteiger partial charge in [0.2, 0.25) is 0 Å². The van der Waals surface area contributed by atoms with Crippen molar-refractivity contribution in [1.29, 1.82) is 0 Å². The summed E-state index contributed by atoms with van der Waals surface area (Å²) in [5, 5.41) is 15.8. The maximum absolute atomic E-state index is 11.9. The Bertz CT molecular complexity index is 606. The number of sulfonamides is 1. The molecule has 0 spiro atoms. The Morgan fingerprint density at radius 2 is 1.70 bits per heavy atom. The average molecular weight is 298 g/mol. The molecule has 0 N–H and O–H groups in total. The highest BCUT2D eigenvalue weighted by Crippen LogP contribution is 2.18. The summed E-state index contributed by atoms with van der Waals surface area (Å²) >= 11 is 0. The SMILES string of the molecule is O=[N+]([O-])c1ccc(S(=O)(=O)/N=N/N2CCCCC2)cc1. The van der Waals surface area contributed by atoms with E-state index in [0.29, 0.717) is 13.1 Å². The maximum Gasteiger partial charge on any atom is 0.301 e. The van der Waals surface area contributed by atoms with Gasteiger partial charge in [-0.05, 0) is 35.9 Å². The number of rotatable bonds is 4. The van der Waals surface area contributed by atoms with Gasteiger partial charge in [0.15, 0.2) is 0 Å². The van der Waals surface area contributed by atoms with Crippen molar-refractivity contribution in [3.8, 4) is 0 Å². The number of nitro groups is 1. The van der Waals surface area contributed by atoms with Crippen molar-refractivity contribution in [2.24, 2.45) is 9.74 Å². The number of nitro benzene ring substituents is 1. The van der Waals surface area contributed by atoms with Crippen molar-refractivity contribution in [2.45, 2.75) is 24.2 Å². The van der Waals surface area contributed by atoms with Crippen molar-refractivity contribution < 1.29 is 13.3 Å². The quantitative estimate of drug-likeness (QED) is 0.481. The summed E-state index contributed by atoms with van der Waals surface area (Å²) in [6.07, 6.45) is 3.05. The van der Waals surface area contributed by atoms with Gasteiger partial charge >= 0.3 is 10.0 Å². The molecule has 20 heavy (non-hydrogen) atoms. The summed E-state index contributed by atoms with van der Waals surface area (Å²) in [6.45, 7) is 1.39. The van der Waals surface area contributed by atoms with E-state index < -0.39 is 14.9 Å². The van der Waals surface area contributed by atoms with E-state index in [4.69, 9.17) is 0 Å². The molecule has 1 saturated heterocycles. The zero-order chi connectivity index (χ0) is 14.6. The second-order valence-electron chi connectivity index (χ2n) is 4.41. The van der Waals surface area contributed by atoms with Crippen LogP contribution in [0, 0.1) is 10.1 Å². The van der Waals surface area contributed by atoms with E-state index in [-0.39, 0.29) is 10.6 Å². The minimum Gasteiger partial charge on any atom is -0.278 e. The van der Waals surface area contributed by atoms with E-state index in [1.165, 1.54) is 0 Å².